The zero-order valence-corrected chi connectivity index (χ0v) is 10.9. The molecule has 0 unspecified atom stereocenters. The van der Waals surface area contributed by atoms with Crippen LogP contribution in [-0.4, -0.2) is 18.1 Å². The number of nitrogens with one attached hydrogen (secondary N) is 1. The first kappa shape index (κ1) is 13.7. The van der Waals surface area contributed by atoms with E-state index >= 15 is 0 Å². The number of ether oxygens (including phenoxy) is 1. The maximum atomic E-state index is 5.49. The molecule has 1 rings (SSSR count). The van der Waals surface area contributed by atoms with E-state index in [1.807, 2.05) is 37.3 Å². The molecule has 1 aromatic heterocycles. The summed E-state index contributed by atoms with van der Waals surface area (Å²) in [5.41, 5.74) is 1.02. The van der Waals surface area contributed by atoms with Crippen LogP contribution in [0.4, 0.5) is 0 Å². The summed E-state index contributed by atoms with van der Waals surface area (Å²) < 4.78 is 5.49. The molecule has 0 aromatic carbocycles. The minimum absolute atomic E-state index is 0.576. The highest BCUT2D eigenvalue weighted by Gasteiger charge is 1.99. The van der Waals surface area contributed by atoms with Crippen molar-refractivity contribution >= 4 is 0 Å². The van der Waals surface area contributed by atoms with Crippen LogP contribution in [0.25, 0.3) is 0 Å². The molecular formula is C14H22N2O. The molecule has 0 spiro atoms. The van der Waals surface area contributed by atoms with Crippen LogP contribution in [0.15, 0.2) is 30.4 Å². The van der Waals surface area contributed by atoms with Crippen LogP contribution in [0.1, 0.15) is 26.5 Å². The van der Waals surface area contributed by atoms with Crippen molar-refractivity contribution in [3.63, 3.8) is 0 Å². The molecule has 0 aliphatic heterocycles. The van der Waals surface area contributed by atoms with E-state index in [1.165, 1.54) is 0 Å². The molecule has 0 aliphatic rings. The molecule has 0 amide bonds. The van der Waals surface area contributed by atoms with Crippen molar-refractivity contribution in [2.45, 2.75) is 27.3 Å². The maximum absolute atomic E-state index is 5.49. The molecule has 94 valence electrons. The molecule has 0 saturated heterocycles. The van der Waals surface area contributed by atoms with Crippen LogP contribution in [0, 0.1) is 5.92 Å². The number of allylic oxidation sites excluding steroid dienone is 1. The average molecular weight is 234 g/mol. The predicted molar refractivity (Wildman–Crippen MR) is 71.1 cm³/mol. The van der Waals surface area contributed by atoms with Gasteiger partial charge in [0.05, 0.1) is 5.69 Å². The number of hydrogen-bond acceptors (Lipinski definition) is 3. The monoisotopic (exact) mass is 234 g/mol. The molecule has 0 radical (unpaired) electrons. The lowest BCUT2D eigenvalue weighted by atomic mass is 10.2. The van der Waals surface area contributed by atoms with Crippen molar-refractivity contribution in [3.05, 3.63) is 36.0 Å². The molecular weight excluding hydrogens is 212 g/mol. The van der Waals surface area contributed by atoms with E-state index in [1.54, 1.807) is 0 Å². The Morgan fingerprint density at radius 1 is 1.41 bits per heavy atom. The van der Waals surface area contributed by atoms with E-state index in [0.717, 1.165) is 18.8 Å². The number of pyridine rings is 1. The van der Waals surface area contributed by atoms with Crippen molar-refractivity contribution in [3.8, 4) is 5.88 Å². The standard InChI is InChI=1S/C14H22N2O/c1-4-5-9-17-14-8-6-7-13(16-14)11-15-10-12(2)3/h4-8,12,15H,9-11H2,1-3H3. The minimum atomic E-state index is 0.576. The van der Waals surface area contributed by atoms with Gasteiger partial charge in [0, 0.05) is 12.6 Å². The average Bonchev–Trinajstić information content (AvgIpc) is 2.29. The Bertz CT molecular complexity index is 348. The van der Waals surface area contributed by atoms with Crippen LogP contribution in [0.2, 0.25) is 0 Å². The summed E-state index contributed by atoms with van der Waals surface area (Å²) in [7, 11) is 0. The maximum Gasteiger partial charge on any atom is 0.213 e. The first-order valence-electron chi connectivity index (χ1n) is 6.13. The summed E-state index contributed by atoms with van der Waals surface area (Å²) in [5, 5.41) is 3.36. The molecule has 0 atom stereocenters. The van der Waals surface area contributed by atoms with Crippen LogP contribution in [0.3, 0.4) is 0 Å². The Kier molecular flexibility index (Phi) is 6.33. The summed E-state index contributed by atoms with van der Waals surface area (Å²) in [6, 6.07) is 5.87. The third kappa shape index (κ3) is 6.07. The van der Waals surface area contributed by atoms with E-state index in [0.29, 0.717) is 18.4 Å². The highest BCUT2D eigenvalue weighted by molar-refractivity contribution is 5.16. The SMILES string of the molecule is CC=CCOc1cccc(CNCC(C)C)n1. The van der Waals surface area contributed by atoms with Gasteiger partial charge in [-0.1, -0.05) is 32.1 Å². The lowest BCUT2D eigenvalue weighted by molar-refractivity contribution is 0.346. The second-order valence-corrected chi connectivity index (χ2v) is 4.37. The van der Waals surface area contributed by atoms with E-state index in [2.05, 4.69) is 24.1 Å². The van der Waals surface area contributed by atoms with Gasteiger partial charge in [-0.25, -0.2) is 4.98 Å². The summed E-state index contributed by atoms with van der Waals surface area (Å²) in [6.07, 6.45) is 3.93. The van der Waals surface area contributed by atoms with Crippen molar-refractivity contribution in [1.29, 1.82) is 0 Å². The van der Waals surface area contributed by atoms with Gasteiger partial charge in [-0.15, -0.1) is 0 Å². The van der Waals surface area contributed by atoms with Gasteiger partial charge >= 0.3 is 0 Å². The van der Waals surface area contributed by atoms with Gasteiger partial charge in [0.15, 0.2) is 0 Å². The minimum Gasteiger partial charge on any atom is -0.473 e. The zero-order valence-electron chi connectivity index (χ0n) is 10.9. The van der Waals surface area contributed by atoms with Gasteiger partial charge in [-0.05, 0) is 25.5 Å². The normalized spacial score (nSPS) is 11.3. The first-order chi connectivity index (χ1) is 8.22. The predicted octanol–water partition coefficient (Wildman–Crippen LogP) is 2.78. The van der Waals surface area contributed by atoms with Gasteiger partial charge in [0.2, 0.25) is 5.88 Å². The molecule has 1 heterocycles. The third-order valence-corrected chi connectivity index (χ3v) is 2.20. The van der Waals surface area contributed by atoms with Gasteiger partial charge < -0.3 is 10.1 Å². The molecule has 0 aliphatic carbocycles. The molecule has 3 heteroatoms. The van der Waals surface area contributed by atoms with Crippen LogP contribution >= 0.6 is 0 Å². The Labute approximate surface area is 104 Å². The second-order valence-electron chi connectivity index (χ2n) is 4.37. The molecule has 0 fully saturated rings. The fourth-order valence-electron chi connectivity index (χ4n) is 1.36. The molecule has 3 nitrogen and oxygen atoms in total. The lowest BCUT2D eigenvalue weighted by Crippen LogP contribution is -2.19. The lowest BCUT2D eigenvalue weighted by Gasteiger charge is -2.08. The second kappa shape index (κ2) is 7.85. The Balaban J connectivity index is 2.42. The Hall–Kier alpha value is -1.35. The number of nitrogens with zero attached hydrogens (tertiary/aromatic N) is 1. The highest BCUT2D eigenvalue weighted by atomic mass is 16.5. The molecule has 1 aromatic rings. The quantitative estimate of drug-likeness (QED) is 0.737. The van der Waals surface area contributed by atoms with E-state index in [4.69, 9.17) is 4.74 Å². The largest absolute Gasteiger partial charge is 0.473 e. The molecule has 0 saturated carbocycles. The van der Waals surface area contributed by atoms with Crippen molar-refractivity contribution < 1.29 is 4.74 Å². The number of rotatable bonds is 7. The van der Waals surface area contributed by atoms with E-state index in [-0.39, 0.29) is 0 Å². The zero-order chi connectivity index (χ0) is 12.5. The van der Waals surface area contributed by atoms with E-state index in [9.17, 15) is 0 Å². The fraction of sp³-hybridized carbons (Fsp3) is 0.500. The number of aromatic nitrogens is 1. The van der Waals surface area contributed by atoms with Gasteiger partial charge in [0.1, 0.15) is 6.61 Å². The van der Waals surface area contributed by atoms with Gasteiger partial charge in [0.25, 0.3) is 0 Å². The Morgan fingerprint density at radius 2 is 2.24 bits per heavy atom. The molecule has 0 bridgehead atoms. The topological polar surface area (TPSA) is 34.1 Å². The van der Waals surface area contributed by atoms with Crippen molar-refractivity contribution in [2.24, 2.45) is 5.92 Å². The smallest absolute Gasteiger partial charge is 0.213 e. The van der Waals surface area contributed by atoms with E-state index < -0.39 is 0 Å². The van der Waals surface area contributed by atoms with Gasteiger partial charge in [-0.2, -0.15) is 0 Å². The summed E-state index contributed by atoms with van der Waals surface area (Å²) in [6.45, 7) is 8.73. The Morgan fingerprint density at radius 3 is 2.94 bits per heavy atom. The summed E-state index contributed by atoms with van der Waals surface area (Å²) >= 11 is 0. The molecule has 1 N–H and O–H groups in total. The van der Waals surface area contributed by atoms with Crippen LogP contribution in [0.5, 0.6) is 5.88 Å². The van der Waals surface area contributed by atoms with Crippen LogP contribution < -0.4 is 10.1 Å². The first-order valence-corrected chi connectivity index (χ1v) is 6.13. The molecule has 17 heavy (non-hydrogen) atoms. The van der Waals surface area contributed by atoms with Gasteiger partial charge in [-0.3, -0.25) is 0 Å². The number of hydrogen-bond donors (Lipinski definition) is 1. The summed E-state index contributed by atoms with van der Waals surface area (Å²) in [5.74, 6) is 1.34. The highest BCUT2D eigenvalue weighted by Crippen LogP contribution is 2.07. The van der Waals surface area contributed by atoms with Crippen molar-refractivity contribution in [1.82, 2.24) is 10.3 Å². The summed E-state index contributed by atoms with van der Waals surface area (Å²) in [4.78, 5) is 4.42. The third-order valence-electron chi connectivity index (χ3n) is 2.20. The van der Waals surface area contributed by atoms with Crippen molar-refractivity contribution in [2.75, 3.05) is 13.2 Å². The fourth-order valence-corrected chi connectivity index (χ4v) is 1.36. The van der Waals surface area contributed by atoms with Crippen LogP contribution in [-0.2, 0) is 6.54 Å².